The fraction of sp³-hybridized carbons (Fsp3) is 0.635. The van der Waals surface area contributed by atoms with Crippen molar-refractivity contribution >= 4 is 17.9 Å². The van der Waals surface area contributed by atoms with Crippen LogP contribution in [-0.2, 0) is 28.6 Å². The number of allylic oxidation sites excluding steroid dienone is 20. The van der Waals surface area contributed by atoms with Gasteiger partial charge < -0.3 is 14.2 Å². The Morgan fingerprint density at radius 1 is 0.290 bits per heavy atom. The third-order valence-electron chi connectivity index (χ3n) is 11.4. The molecule has 0 unspecified atom stereocenters. The van der Waals surface area contributed by atoms with E-state index in [4.69, 9.17) is 14.2 Å². The van der Waals surface area contributed by atoms with Gasteiger partial charge in [0.25, 0.3) is 0 Å². The first-order valence-electron chi connectivity index (χ1n) is 28.0. The Morgan fingerprint density at radius 2 is 0.536 bits per heavy atom. The molecule has 0 rings (SSSR count). The van der Waals surface area contributed by atoms with Crippen molar-refractivity contribution < 1.29 is 28.6 Å². The zero-order chi connectivity index (χ0) is 50.0. The van der Waals surface area contributed by atoms with Crippen LogP contribution in [-0.4, -0.2) is 37.2 Å². The normalized spacial score (nSPS) is 13.0. The van der Waals surface area contributed by atoms with Gasteiger partial charge in [0.1, 0.15) is 13.2 Å². The van der Waals surface area contributed by atoms with Gasteiger partial charge >= 0.3 is 17.9 Å². The maximum atomic E-state index is 12.8. The Labute approximate surface area is 424 Å². The number of hydrogen-bond acceptors (Lipinski definition) is 6. The van der Waals surface area contributed by atoms with Gasteiger partial charge in [0.15, 0.2) is 6.10 Å². The van der Waals surface area contributed by atoms with Crippen molar-refractivity contribution in [1.82, 2.24) is 0 Å². The van der Waals surface area contributed by atoms with E-state index >= 15 is 0 Å². The van der Waals surface area contributed by atoms with E-state index in [0.717, 1.165) is 116 Å². The standard InChI is InChI=1S/C63H102O6/c1-4-7-10-13-16-19-22-25-28-31-34-37-40-43-46-49-52-55-61(64)67-58-60(69-63(66)57-54-51-48-45-42-39-36-33-30-27-24-21-18-15-12-9-6-3)59-68-62(65)56-53-50-47-44-41-38-35-32-29-26-23-20-17-14-11-8-5-2/h16-21,25-30,34-39,43,46,60H,4-15,22-24,31-33,40-42,44-45,47-59H2,1-3H3/b19-16-,20-17-,21-18-,28-25-,29-26-,30-27-,37-34-,38-35-,39-36-,46-43-/t60-/m0/s1. The molecule has 0 saturated carbocycles. The van der Waals surface area contributed by atoms with Gasteiger partial charge in [-0.15, -0.1) is 0 Å². The number of hydrogen-bond donors (Lipinski definition) is 0. The zero-order valence-corrected chi connectivity index (χ0v) is 44.5. The van der Waals surface area contributed by atoms with Crippen molar-refractivity contribution in [2.75, 3.05) is 13.2 Å². The van der Waals surface area contributed by atoms with Gasteiger partial charge in [-0.3, -0.25) is 14.4 Å². The highest BCUT2D eigenvalue weighted by molar-refractivity contribution is 5.71. The Kier molecular flexibility index (Phi) is 53.0. The second-order valence-electron chi connectivity index (χ2n) is 18.1. The molecule has 0 N–H and O–H groups in total. The van der Waals surface area contributed by atoms with E-state index in [0.29, 0.717) is 12.8 Å². The Morgan fingerprint density at radius 3 is 0.855 bits per heavy atom. The summed E-state index contributed by atoms with van der Waals surface area (Å²) in [6.45, 7) is 6.46. The molecule has 390 valence electrons. The summed E-state index contributed by atoms with van der Waals surface area (Å²) in [7, 11) is 0. The molecule has 0 fully saturated rings. The van der Waals surface area contributed by atoms with E-state index in [-0.39, 0.29) is 44.0 Å². The fourth-order valence-electron chi connectivity index (χ4n) is 7.15. The van der Waals surface area contributed by atoms with E-state index in [1.54, 1.807) is 0 Å². The first kappa shape index (κ1) is 64.8. The second-order valence-corrected chi connectivity index (χ2v) is 18.1. The van der Waals surface area contributed by atoms with Crippen LogP contribution >= 0.6 is 0 Å². The number of unbranched alkanes of at least 4 members (excludes halogenated alkanes) is 18. The molecule has 0 aliphatic rings. The molecule has 69 heavy (non-hydrogen) atoms. The number of rotatable bonds is 49. The predicted octanol–water partition coefficient (Wildman–Crippen LogP) is 18.9. The summed E-state index contributed by atoms with van der Waals surface area (Å²) in [4.78, 5) is 38.1. The highest BCUT2D eigenvalue weighted by Crippen LogP contribution is 2.12. The molecule has 0 amide bonds. The van der Waals surface area contributed by atoms with E-state index in [2.05, 4.69) is 142 Å². The largest absolute Gasteiger partial charge is 0.462 e. The molecular weight excluding hydrogens is 853 g/mol. The van der Waals surface area contributed by atoms with Crippen molar-refractivity contribution in [2.45, 2.75) is 245 Å². The molecule has 0 aliphatic heterocycles. The summed E-state index contributed by atoms with van der Waals surface area (Å²) < 4.78 is 16.8. The van der Waals surface area contributed by atoms with Crippen LogP contribution in [0, 0.1) is 0 Å². The molecule has 6 nitrogen and oxygen atoms in total. The summed E-state index contributed by atoms with van der Waals surface area (Å²) >= 11 is 0. The molecule has 6 heteroatoms. The smallest absolute Gasteiger partial charge is 0.306 e. The molecule has 0 saturated heterocycles. The van der Waals surface area contributed by atoms with E-state index in [1.807, 2.05) is 0 Å². The molecule has 0 aromatic heterocycles. The van der Waals surface area contributed by atoms with Crippen LogP contribution < -0.4 is 0 Å². The Balaban J connectivity index is 4.58. The van der Waals surface area contributed by atoms with Gasteiger partial charge in [-0.05, 0) is 135 Å². The average molecular weight is 956 g/mol. The molecule has 0 heterocycles. The van der Waals surface area contributed by atoms with Gasteiger partial charge in [0.05, 0.1) is 0 Å². The summed E-state index contributed by atoms with van der Waals surface area (Å²) in [6.07, 6.45) is 77.5. The molecule has 0 aliphatic carbocycles. The lowest BCUT2D eigenvalue weighted by atomic mass is 10.1. The van der Waals surface area contributed by atoms with Gasteiger partial charge in [0, 0.05) is 19.3 Å². The van der Waals surface area contributed by atoms with Gasteiger partial charge in [-0.1, -0.05) is 206 Å². The van der Waals surface area contributed by atoms with Crippen LogP contribution in [0.1, 0.15) is 239 Å². The van der Waals surface area contributed by atoms with Crippen LogP contribution in [0.25, 0.3) is 0 Å². The summed E-state index contributed by atoms with van der Waals surface area (Å²) in [6, 6.07) is 0. The third-order valence-corrected chi connectivity index (χ3v) is 11.4. The first-order chi connectivity index (χ1) is 34.0. The molecular formula is C63H102O6. The van der Waals surface area contributed by atoms with Crippen molar-refractivity contribution in [3.63, 3.8) is 0 Å². The molecule has 0 spiro atoms. The number of ether oxygens (including phenoxy) is 3. The lowest BCUT2D eigenvalue weighted by Gasteiger charge is -2.18. The van der Waals surface area contributed by atoms with Crippen LogP contribution in [0.2, 0.25) is 0 Å². The maximum absolute atomic E-state index is 12.8. The SMILES string of the molecule is CCCCC/C=C\C/C=C\C/C=C\C/C=C\CCCC(=O)OC[C@@H](COC(=O)CCCCCC/C=C\C/C=C\C/C=C\CCCCC)OC(=O)CCCCCC/C=C\C/C=C\C/C=C\CCCCC. The Hall–Kier alpha value is -4.19. The average Bonchev–Trinajstić information content (AvgIpc) is 3.35. The zero-order valence-electron chi connectivity index (χ0n) is 44.5. The first-order valence-corrected chi connectivity index (χ1v) is 28.0. The minimum absolute atomic E-state index is 0.119. The van der Waals surface area contributed by atoms with Gasteiger partial charge in [0.2, 0.25) is 0 Å². The van der Waals surface area contributed by atoms with Crippen LogP contribution in [0.5, 0.6) is 0 Å². The molecule has 1 atom stereocenters. The third kappa shape index (κ3) is 54.6. The van der Waals surface area contributed by atoms with Gasteiger partial charge in [-0.2, -0.15) is 0 Å². The monoisotopic (exact) mass is 955 g/mol. The fourth-order valence-corrected chi connectivity index (χ4v) is 7.15. The van der Waals surface area contributed by atoms with E-state index in [9.17, 15) is 14.4 Å². The number of carbonyl (C=O) groups is 3. The maximum Gasteiger partial charge on any atom is 0.306 e. The van der Waals surface area contributed by atoms with E-state index in [1.165, 1.54) is 77.0 Å². The van der Waals surface area contributed by atoms with Crippen molar-refractivity contribution in [3.8, 4) is 0 Å². The van der Waals surface area contributed by atoms with Crippen molar-refractivity contribution in [3.05, 3.63) is 122 Å². The molecule has 0 aromatic rings. The topological polar surface area (TPSA) is 78.9 Å². The van der Waals surface area contributed by atoms with Crippen molar-refractivity contribution in [2.24, 2.45) is 0 Å². The second kappa shape index (κ2) is 56.4. The number of esters is 3. The minimum Gasteiger partial charge on any atom is -0.462 e. The minimum atomic E-state index is -0.825. The van der Waals surface area contributed by atoms with Crippen LogP contribution in [0.15, 0.2) is 122 Å². The lowest BCUT2D eigenvalue weighted by molar-refractivity contribution is -0.167. The Bertz CT molecular complexity index is 1470. The van der Waals surface area contributed by atoms with Gasteiger partial charge in [-0.25, -0.2) is 0 Å². The highest BCUT2D eigenvalue weighted by Gasteiger charge is 2.19. The highest BCUT2D eigenvalue weighted by atomic mass is 16.6. The predicted molar refractivity (Wildman–Crippen MR) is 297 cm³/mol. The van der Waals surface area contributed by atoms with E-state index < -0.39 is 6.10 Å². The van der Waals surface area contributed by atoms with Crippen LogP contribution in [0.4, 0.5) is 0 Å². The summed E-state index contributed by atoms with van der Waals surface area (Å²) in [5, 5.41) is 0. The van der Waals surface area contributed by atoms with Crippen LogP contribution in [0.3, 0.4) is 0 Å². The number of carbonyl (C=O) groups excluding carboxylic acids is 3. The lowest BCUT2D eigenvalue weighted by Crippen LogP contribution is -2.30. The molecule has 0 bridgehead atoms. The summed E-state index contributed by atoms with van der Waals surface area (Å²) in [5.74, 6) is -1.02. The molecule has 0 aromatic carbocycles. The summed E-state index contributed by atoms with van der Waals surface area (Å²) in [5.41, 5.74) is 0. The quantitative estimate of drug-likeness (QED) is 0.0262. The van der Waals surface area contributed by atoms with Crippen molar-refractivity contribution in [1.29, 1.82) is 0 Å². The molecule has 0 radical (unpaired) electrons.